The summed E-state index contributed by atoms with van der Waals surface area (Å²) in [5, 5.41) is 2.66. The molecule has 0 spiro atoms. The third kappa shape index (κ3) is 6.21. The summed E-state index contributed by atoms with van der Waals surface area (Å²) in [5.74, 6) is -0.179. The van der Waals surface area contributed by atoms with Gasteiger partial charge in [0.05, 0.1) is 22.8 Å². The van der Waals surface area contributed by atoms with Crippen molar-refractivity contribution in [3.63, 3.8) is 0 Å². The summed E-state index contributed by atoms with van der Waals surface area (Å²) in [5.41, 5.74) is -1.02. The summed E-state index contributed by atoms with van der Waals surface area (Å²) in [6.07, 6.45) is -4.70. The Kier molecular flexibility index (Phi) is 7.73. The van der Waals surface area contributed by atoms with E-state index in [0.29, 0.717) is 28.4 Å². The Labute approximate surface area is 200 Å². The van der Waals surface area contributed by atoms with Crippen molar-refractivity contribution in [3.05, 3.63) is 83.4 Å². The second-order valence-electron chi connectivity index (χ2n) is 7.02. The van der Waals surface area contributed by atoms with Gasteiger partial charge in [-0.1, -0.05) is 23.7 Å². The fourth-order valence-corrected chi connectivity index (χ4v) is 4.75. The number of hydrogen-bond donors (Lipinski definition) is 1. The predicted molar refractivity (Wildman–Crippen MR) is 124 cm³/mol. The average Bonchev–Trinajstić information content (AvgIpc) is 2.78. The molecule has 0 aromatic heterocycles. The van der Waals surface area contributed by atoms with Gasteiger partial charge in [-0.25, -0.2) is 8.42 Å². The zero-order valence-electron chi connectivity index (χ0n) is 17.8. The van der Waals surface area contributed by atoms with E-state index in [-0.39, 0.29) is 15.6 Å². The third-order valence-electron chi connectivity index (χ3n) is 4.58. The summed E-state index contributed by atoms with van der Waals surface area (Å²) < 4.78 is 72.4. The van der Waals surface area contributed by atoms with Crippen LogP contribution in [0.15, 0.2) is 77.7 Å². The van der Waals surface area contributed by atoms with Crippen molar-refractivity contribution in [3.8, 4) is 5.75 Å². The molecule has 0 fully saturated rings. The van der Waals surface area contributed by atoms with Crippen LogP contribution in [0, 0.1) is 0 Å². The number of ether oxygens (including phenoxy) is 1. The van der Waals surface area contributed by atoms with Crippen LogP contribution in [0.3, 0.4) is 0 Å². The molecule has 3 aromatic rings. The molecule has 0 saturated carbocycles. The normalized spacial score (nSPS) is 11.7. The van der Waals surface area contributed by atoms with Crippen LogP contribution in [0.1, 0.15) is 12.5 Å². The predicted octanol–water partition coefficient (Wildman–Crippen LogP) is 5.59. The molecule has 0 heterocycles. The average molecular weight is 513 g/mol. The van der Waals surface area contributed by atoms with E-state index in [9.17, 15) is 26.4 Å². The minimum absolute atomic E-state index is 0.115. The molecule has 1 N–H and O–H groups in total. The number of alkyl halides is 3. The Morgan fingerprint density at radius 1 is 1.03 bits per heavy atom. The highest BCUT2D eigenvalue weighted by Gasteiger charge is 2.33. The molecule has 0 saturated heterocycles. The van der Waals surface area contributed by atoms with Crippen LogP contribution in [0.4, 0.5) is 24.5 Å². The van der Waals surface area contributed by atoms with Crippen molar-refractivity contribution in [2.45, 2.75) is 18.0 Å². The first-order chi connectivity index (χ1) is 16.0. The van der Waals surface area contributed by atoms with Crippen molar-refractivity contribution >= 4 is 38.9 Å². The number of carbonyl (C=O) groups is 1. The van der Waals surface area contributed by atoms with Crippen LogP contribution in [-0.4, -0.2) is 27.5 Å². The maximum absolute atomic E-state index is 13.3. The van der Waals surface area contributed by atoms with Gasteiger partial charge in [0.25, 0.3) is 10.0 Å². The highest BCUT2D eigenvalue weighted by molar-refractivity contribution is 7.92. The Hall–Kier alpha value is -3.24. The van der Waals surface area contributed by atoms with Gasteiger partial charge in [0.2, 0.25) is 5.91 Å². The van der Waals surface area contributed by atoms with Gasteiger partial charge in [-0.2, -0.15) is 13.2 Å². The van der Waals surface area contributed by atoms with Gasteiger partial charge < -0.3 is 10.1 Å². The summed E-state index contributed by atoms with van der Waals surface area (Å²) >= 11 is 5.91. The quantitative estimate of drug-likeness (QED) is 0.427. The summed E-state index contributed by atoms with van der Waals surface area (Å²) in [6.45, 7) is 1.50. The monoisotopic (exact) mass is 512 g/mol. The maximum atomic E-state index is 13.3. The van der Waals surface area contributed by atoms with Gasteiger partial charge in [-0.3, -0.25) is 9.10 Å². The van der Waals surface area contributed by atoms with Crippen LogP contribution in [0.25, 0.3) is 0 Å². The number of halogens is 4. The van der Waals surface area contributed by atoms with Crippen molar-refractivity contribution < 1.29 is 31.1 Å². The van der Waals surface area contributed by atoms with Gasteiger partial charge in [0.1, 0.15) is 12.3 Å². The zero-order chi connectivity index (χ0) is 24.9. The summed E-state index contributed by atoms with van der Waals surface area (Å²) in [6, 6.07) is 15.3. The zero-order valence-corrected chi connectivity index (χ0v) is 19.4. The fraction of sp³-hybridized carbons (Fsp3) is 0.174. The molecule has 0 atom stereocenters. The van der Waals surface area contributed by atoms with E-state index in [0.717, 1.165) is 18.2 Å². The second-order valence-corrected chi connectivity index (χ2v) is 9.32. The number of anilines is 2. The van der Waals surface area contributed by atoms with Crippen LogP contribution in [0.5, 0.6) is 5.75 Å². The smallest absolute Gasteiger partial charge is 0.416 e. The lowest BCUT2D eigenvalue weighted by Crippen LogP contribution is -2.38. The van der Waals surface area contributed by atoms with Crippen LogP contribution in [0.2, 0.25) is 5.02 Å². The Morgan fingerprint density at radius 2 is 1.71 bits per heavy atom. The topological polar surface area (TPSA) is 75.7 Å². The SMILES string of the molecule is CCOc1ccc(NC(=O)CN(c2cccc(C(F)(F)F)c2)S(=O)(=O)c2cccc(Cl)c2)cc1. The molecule has 11 heteroatoms. The van der Waals surface area contributed by atoms with Gasteiger partial charge in [-0.15, -0.1) is 0 Å². The fourth-order valence-electron chi connectivity index (χ4n) is 3.04. The first kappa shape index (κ1) is 25.4. The second kappa shape index (κ2) is 10.4. The van der Waals surface area contributed by atoms with E-state index < -0.39 is 34.2 Å². The third-order valence-corrected chi connectivity index (χ3v) is 6.59. The first-order valence-corrected chi connectivity index (χ1v) is 11.8. The lowest BCUT2D eigenvalue weighted by molar-refractivity contribution is -0.137. The van der Waals surface area contributed by atoms with Crippen LogP contribution < -0.4 is 14.4 Å². The molecule has 34 heavy (non-hydrogen) atoms. The van der Waals surface area contributed by atoms with Crippen LogP contribution in [-0.2, 0) is 21.0 Å². The number of carbonyl (C=O) groups excluding carboxylic acids is 1. The van der Waals surface area contributed by atoms with Crippen molar-refractivity contribution in [1.82, 2.24) is 0 Å². The highest BCUT2D eigenvalue weighted by atomic mass is 35.5. The lowest BCUT2D eigenvalue weighted by atomic mass is 10.2. The van der Waals surface area contributed by atoms with E-state index in [1.165, 1.54) is 24.3 Å². The Morgan fingerprint density at radius 3 is 2.32 bits per heavy atom. The molecular formula is C23H20ClF3N2O4S. The molecule has 0 radical (unpaired) electrons. The molecule has 0 aliphatic heterocycles. The van der Waals surface area contributed by atoms with Crippen LogP contribution >= 0.6 is 11.6 Å². The first-order valence-electron chi connectivity index (χ1n) is 9.99. The van der Waals surface area contributed by atoms with Crippen molar-refractivity contribution in [2.75, 3.05) is 22.8 Å². The molecular weight excluding hydrogens is 493 g/mol. The molecule has 6 nitrogen and oxygen atoms in total. The minimum Gasteiger partial charge on any atom is -0.494 e. The van der Waals surface area contributed by atoms with Crippen molar-refractivity contribution in [1.29, 1.82) is 0 Å². The molecule has 0 bridgehead atoms. The van der Waals surface area contributed by atoms with Gasteiger partial charge in [0, 0.05) is 10.7 Å². The summed E-state index contributed by atoms with van der Waals surface area (Å²) in [4.78, 5) is 12.5. The maximum Gasteiger partial charge on any atom is 0.416 e. The number of rotatable bonds is 8. The number of nitrogens with one attached hydrogen (secondary N) is 1. The van der Waals surface area contributed by atoms with E-state index >= 15 is 0 Å². The Bertz CT molecular complexity index is 1270. The van der Waals surface area contributed by atoms with E-state index in [4.69, 9.17) is 16.3 Å². The molecule has 1 amide bonds. The van der Waals surface area contributed by atoms with E-state index in [2.05, 4.69) is 5.32 Å². The molecule has 0 aliphatic carbocycles. The van der Waals surface area contributed by atoms with Gasteiger partial charge >= 0.3 is 6.18 Å². The molecule has 3 aromatic carbocycles. The van der Waals surface area contributed by atoms with Gasteiger partial charge in [0.15, 0.2) is 0 Å². The van der Waals surface area contributed by atoms with Crippen molar-refractivity contribution in [2.24, 2.45) is 0 Å². The minimum atomic E-state index is -4.70. The van der Waals surface area contributed by atoms with E-state index in [1.54, 1.807) is 24.3 Å². The molecule has 180 valence electrons. The number of benzene rings is 3. The van der Waals surface area contributed by atoms with E-state index in [1.807, 2.05) is 6.92 Å². The number of sulfonamides is 1. The molecule has 0 aliphatic rings. The van der Waals surface area contributed by atoms with Gasteiger partial charge in [-0.05, 0) is 67.6 Å². The standard InChI is InChI=1S/C23H20ClF3N2O4S/c1-2-33-20-11-9-18(10-12-20)28-22(30)15-29(19-7-3-5-16(13-19)23(25,26)27)34(31,32)21-8-4-6-17(24)14-21/h3-14H,2,15H2,1H3,(H,28,30). The Balaban J connectivity index is 1.96. The number of nitrogens with zero attached hydrogens (tertiary/aromatic N) is 1. The largest absolute Gasteiger partial charge is 0.494 e. The molecule has 3 rings (SSSR count). The lowest BCUT2D eigenvalue weighted by Gasteiger charge is -2.25. The highest BCUT2D eigenvalue weighted by Crippen LogP contribution is 2.33. The molecule has 0 unspecified atom stereocenters. The number of amides is 1. The number of hydrogen-bond acceptors (Lipinski definition) is 4. The summed E-state index contributed by atoms with van der Waals surface area (Å²) in [7, 11) is -4.44.